The first kappa shape index (κ1) is 40.3. The van der Waals surface area contributed by atoms with Crippen molar-refractivity contribution in [3.63, 3.8) is 0 Å². The number of carboxylic acid groups (broad SMARTS) is 1. The summed E-state index contributed by atoms with van der Waals surface area (Å²) in [6.45, 7) is -1.12. The standard InChI is InChI=1S/C26H26F12O8/c1-4-13(17(41)44-9-10-45-18(42)15-8-6-5-7-14(15)16(39)40)11-21(2,3)20(43)46-12-22(29,30)24(33,34)26(37,38)25(35,36)23(31,32)19(27)28/h5-8,13,19H,4,9-12H2,1-3H3,(H,39,40). The molecule has 0 aliphatic rings. The molecule has 0 amide bonds. The Morgan fingerprint density at radius 1 is 0.761 bits per heavy atom. The zero-order valence-corrected chi connectivity index (χ0v) is 23.8. The average Bonchev–Trinajstić information content (AvgIpc) is 2.95. The van der Waals surface area contributed by atoms with E-state index >= 15 is 0 Å². The number of rotatable bonds is 17. The molecule has 0 aliphatic carbocycles. The van der Waals surface area contributed by atoms with Crippen LogP contribution in [-0.4, -0.2) is 84.8 Å². The largest absolute Gasteiger partial charge is 0.478 e. The van der Waals surface area contributed by atoms with Crippen LogP contribution in [-0.2, 0) is 23.8 Å². The van der Waals surface area contributed by atoms with Gasteiger partial charge >= 0.3 is 59.9 Å². The van der Waals surface area contributed by atoms with Gasteiger partial charge in [0.1, 0.15) is 13.2 Å². The van der Waals surface area contributed by atoms with Crippen molar-refractivity contribution in [3.8, 4) is 0 Å². The van der Waals surface area contributed by atoms with Crippen LogP contribution in [0.25, 0.3) is 0 Å². The molecule has 1 aromatic rings. The zero-order chi connectivity index (χ0) is 36.1. The molecule has 1 N–H and O–H groups in total. The maximum Gasteiger partial charge on any atom is 0.384 e. The number of aromatic carboxylic acids is 1. The van der Waals surface area contributed by atoms with E-state index in [1.165, 1.54) is 19.1 Å². The van der Waals surface area contributed by atoms with E-state index in [0.717, 1.165) is 26.0 Å². The SMILES string of the molecule is CCC(CC(C)(C)C(=O)OCC(F)(F)C(F)(F)C(F)(F)C(F)(F)C(F)(F)C(F)F)C(=O)OCCOC(=O)c1ccccc1C(=O)O. The van der Waals surface area contributed by atoms with Crippen LogP contribution in [0.5, 0.6) is 0 Å². The summed E-state index contributed by atoms with van der Waals surface area (Å²) in [6.07, 6.45) is -6.44. The molecular weight excluding hydrogens is 668 g/mol. The van der Waals surface area contributed by atoms with Gasteiger partial charge < -0.3 is 19.3 Å². The lowest BCUT2D eigenvalue weighted by Gasteiger charge is -2.39. The number of carbonyl (C=O) groups is 4. The monoisotopic (exact) mass is 694 g/mol. The Labute approximate surface area is 251 Å². The van der Waals surface area contributed by atoms with Crippen molar-refractivity contribution >= 4 is 23.9 Å². The van der Waals surface area contributed by atoms with Crippen LogP contribution in [0.2, 0.25) is 0 Å². The van der Waals surface area contributed by atoms with Crippen molar-refractivity contribution in [1.82, 2.24) is 0 Å². The third kappa shape index (κ3) is 8.15. The Hall–Kier alpha value is -3.74. The van der Waals surface area contributed by atoms with Gasteiger partial charge in [0.2, 0.25) is 0 Å². The second-order valence-corrected chi connectivity index (χ2v) is 10.3. The van der Waals surface area contributed by atoms with Crippen LogP contribution in [0.1, 0.15) is 54.3 Å². The van der Waals surface area contributed by atoms with Gasteiger partial charge in [-0.15, -0.1) is 0 Å². The van der Waals surface area contributed by atoms with Crippen LogP contribution < -0.4 is 0 Å². The van der Waals surface area contributed by atoms with E-state index in [-0.39, 0.29) is 17.5 Å². The number of halogens is 12. The molecule has 0 heterocycles. The fourth-order valence-electron chi connectivity index (χ4n) is 3.63. The highest BCUT2D eigenvalue weighted by Crippen LogP contribution is 2.58. The van der Waals surface area contributed by atoms with E-state index < -0.39 is 97.5 Å². The molecule has 1 atom stereocenters. The van der Waals surface area contributed by atoms with Gasteiger partial charge in [0, 0.05) is 0 Å². The number of ether oxygens (including phenoxy) is 3. The second kappa shape index (κ2) is 14.4. The Morgan fingerprint density at radius 3 is 1.74 bits per heavy atom. The molecule has 262 valence electrons. The number of alkyl halides is 12. The molecule has 0 aliphatic heterocycles. The Kier molecular flexibility index (Phi) is 12.6. The fourth-order valence-corrected chi connectivity index (χ4v) is 3.63. The van der Waals surface area contributed by atoms with Crippen LogP contribution in [0.15, 0.2) is 24.3 Å². The Balaban J connectivity index is 2.87. The molecule has 0 radical (unpaired) electrons. The quantitative estimate of drug-likeness (QED) is 0.0850. The third-order valence-corrected chi connectivity index (χ3v) is 6.40. The second-order valence-electron chi connectivity index (χ2n) is 10.3. The first-order chi connectivity index (χ1) is 20.7. The number of hydrogen-bond donors (Lipinski definition) is 1. The molecule has 1 rings (SSSR count). The van der Waals surface area contributed by atoms with Crippen molar-refractivity contribution in [2.45, 2.75) is 69.7 Å². The van der Waals surface area contributed by atoms with E-state index in [2.05, 4.69) is 4.74 Å². The first-order valence-corrected chi connectivity index (χ1v) is 12.7. The molecular formula is C26H26F12O8. The predicted octanol–water partition coefficient (Wildman–Crippen LogP) is 6.51. The number of carboxylic acids is 1. The van der Waals surface area contributed by atoms with Gasteiger partial charge in [0.25, 0.3) is 0 Å². The van der Waals surface area contributed by atoms with Crippen molar-refractivity contribution < 1.29 is 91.2 Å². The highest BCUT2D eigenvalue weighted by Gasteiger charge is 2.88. The lowest BCUT2D eigenvalue weighted by Crippen LogP contribution is -2.69. The average molecular weight is 694 g/mol. The molecule has 0 saturated carbocycles. The van der Waals surface area contributed by atoms with Crippen LogP contribution in [0.3, 0.4) is 0 Å². The summed E-state index contributed by atoms with van der Waals surface area (Å²) in [6, 6.07) is 4.96. The van der Waals surface area contributed by atoms with E-state index in [0.29, 0.717) is 0 Å². The smallest absolute Gasteiger partial charge is 0.384 e. The maximum absolute atomic E-state index is 14.0. The highest BCUT2D eigenvalue weighted by molar-refractivity contribution is 6.02. The van der Waals surface area contributed by atoms with Gasteiger partial charge in [-0.1, -0.05) is 19.1 Å². The van der Waals surface area contributed by atoms with Crippen LogP contribution in [0, 0.1) is 11.3 Å². The molecule has 1 aromatic carbocycles. The van der Waals surface area contributed by atoms with E-state index in [1.807, 2.05) is 0 Å². The number of carbonyl (C=O) groups excluding carboxylic acids is 3. The Morgan fingerprint density at radius 2 is 1.26 bits per heavy atom. The minimum Gasteiger partial charge on any atom is -0.478 e. The predicted molar refractivity (Wildman–Crippen MR) is 129 cm³/mol. The van der Waals surface area contributed by atoms with Crippen LogP contribution >= 0.6 is 0 Å². The number of hydrogen-bond acceptors (Lipinski definition) is 7. The lowest BCUT2D eigenvalue weighted by molar-refractivity contribution is -0.414. The van der Waals surface area contributed by atoms with E-state index in [1.54, 1.807) is 0 Å². The molecule has 0 fully saturated rings. The fraction of sp³-hybridized carbons (Fsp3) is 0.615. The summed E-state index contributed by atoms with van der Waals surface area (Å²) in [4.78, 5) is 48.1. The minimum atomic E-state index is -7.78. The van der Waals surface area contributed by atoms with Crippen molar-refractivity contribution in [2.75, 3.05) is 19.8 Å². The minimum absolute atomic E-state index is 0.130. The summed E-state index contributed by atoms with van der Waals surface area (Å²) in [5, 5.41) is 9.11. The maximum atomic E-state index is 14.0. The molecule has 46 heavy (non-hydrogen) atoms. The zero-order valence-electron chi connectivity index (χ0n) is 23.8. The van der Waals surface area contributed by atoms with Gasteiger partial charge in [-0.05, 0) is 38.8 Å². The summed E-state index contributed by atoms with van der Waals surface area (Å²) in [5.74, 6) is -43.4. The van der Waals surface area contributed by atoms with Crippen molar-refractivity contribution in [2.24, 2.45) is 11.3 Å². The first-order valence-electron chi connectivity index (χ1n) is 12.7. The number of benzene rings is 1. The normalized spacial score (nSPS) is 14.1. The topological polar surface area (TPSA) is 116 Å². The van der Waals surface area contributed by atoms with Crippen molar-refractivity contribution in [3.05, 3.63) is 35.4 Å². The Bertz CT molecular complexity index is 1270. The summed E-state index contributed by atoms with van der Waals surface area (Å²) in [7, 11) is 0. The van der Waals surface area contributed by atoms with Crippen LogP contribution in [0.4, 0.5) is 52.7 Å². The number of esters is 3. The molecule has 8 nitrogen and oxygen atoms in total. The van der Waals surface area contributed by atoms with Gasteiger partial charge in [-0.2, -0.15) is 43.9 Å². The molecule has 0 aromatic heterocycles. The molecule has 0 saturated heterocycles. The lowest BCUT2D eigenvalue weighted by atomic mass is 9.81. The van der Waals surface area contributed by atoms with Gasteiger partial charge in [0.05, 0.1) is 22.5 Å². The molecule has 20 heteroatoms. The van der Waals surface area contributed by atoms with Gasteiger partial charge in [0.15, 0.2) is 6.61 Å². The van der Waals surface area contributed by atoms with Crippen molar-refractivity contribution in [1.29, 1.82) is 0 Å². The van der Waals surface area contributed by atoms with Gasteiger partial charge in [-0.3, -0.25) is 9.59 Å². The molecule has 0 spiro atoms. The summed E-state index contributed by atoms with van der Waals surface area (Å²) in [5.41, 5.74) is -2.78. The van der Waals surface area contributed by atoms with Gasteiger partial charge in [-0.25, -0.2) is 18.4 Å². The van der Waals surface area contributed by atoms with E-state index in [4.69, 9.17) is 14.6 Å². The third-order valence-electron chi connectivity index (χ3n) is 6.40. The summed E-state index contributed by atoms with van der Waals surface area (Å²) >= 11 is 0. The molecule has 1 unspecified atom stereocenters. The highest BCUT2D eigenvalue weighted by atomic mass is 19.4. The van der Waals surface area contributed by atoms with E-state index in [9.17, 15) is 71.9 Å². The summed E-state index contributed by atoms with van der Waals surface area (Å²) < 4.78 is 174. The molecule has 0 bridgehead atoms.